The lowest BCUT2D eigenvalue weighted by atomic mass is 10.0. The van der Waals surface area contributed by atoms with Gasteiger partial charge in [0.2, 0.25) is 0 Å². The summed E-state index contributed by atoms with van der Waals surface area (Å²) in [6, 6.07) is -0.168. The smallest absolute Gasteiger partial charge is 0.0772 e. The van der Waals surface area contributed by atoms with Gasteiger partial charge in [0.15, 0.2) is 0 Å². The molecule has 0 aromatic heterocycles. The zero-order valence-electron chi connectivity index (χ0n) is 11.2. The molecule has 18 heavy (non-hydrogen) atoms. The maximum Gasteiger partial charge on any atom is 0.0772 e. The molecular formula is C12H23N3O3-2. The van der Waals surface area contributed by atoms with Crippen LogP contribution in [0.15, 0.2) is 0 Å². The van der Waals surface area contributed by atoms with Crippen molar-refractivity contribution in [2.75, 3.05) is 0 Å². The third-order valence-electron chi connectivity index (χ3n) is 4.24. The van der Waals surface area contributed by atoms with Crippen LogP contribution in [-0.4, -0.2) is 44.8 Å². The molecule has 2 fully saturated rings. The molecule has 4 unspecified atom stereocenters. The number of rotatable bonds is 2. The fraction of sp³-hybridized carbons (Fsp3) is 1.00. The van der Waals surface area contributed by atoms with Gasteiger partial charge in [-0.3, -0.25) is 0 Å². The van der Waals surface area contributed by atoms with Crippen LogP contribution < -0.4 is 0 Å². The second kappa shape index (κ2) is 5.81. The first-order chi connectivity index (χ1) is 8.52. The van der Waals surface area contributed by atoms with E-state index in [1.165, 1.54) is 0 Å². The van der Waals surface area contributed by atoms with Gasteiger partial charge < -0.3 is 25.7 Å². The minimum Gasteiger partial charge on any atom is -0.784 e. The Hall–Kier alpha value is -0.240. The Kier molecular flexibility index (Phi) is 4.58. The average Bonchev–Trinajstić information content (AvgIpc) is 2.35. The Bertz CT molecular complexity index is 253. The first kappa shape index (κ1) is 14.2. The summed E-state index contributed by atoms with van der Waals surface area (Å²) in [5.74, 6) is 0. The summed E-state index contributed by atoms with van der Waals surface area (Å²) in [5, 5.41) is 37.1. The van der Waals surface area contributed by atoms with Gasteiger partial charge in [-0.05, 0) is 50.6 Å². The van der Waals surface area contributed by atoms with Crippen molar-refractivity contribution in [2.45, 2.75) is 76.8 Å². The summed E-state index contributed by atoms with van der Waals surface area (Å²) < 4.78 is 0. The van der Waals surface area contributed by atoms with E-state index >= 15 is 0 Å². The second-order valence-electron chi connectivity index (χ2n) is 5.62. The summed E-state index contributed by atoms with van der Waals surface area (Å²) >= 11 is 0. The molecule has 2 aliphatic rings. The number of hydrogen-bond acceptors (Lipinski definition) is 6. The fourth-order valence-electron chi connectivity index (χ4n) is 2.98. The molecule has 0 bridgehead atoms. The predicted octanol–water partition coefficient (Wildman–Crippen LogP) is 2.07. The summed E-state index contributed by atoms with van der Waals surface area (Å²) in [4.78, 5) is 0. The maximum absolute atomic E-state index is 12.0. The van der Waals surface area contributed by atoms with Crippen LogP contribution in [0.25, 0.3) is 0 Å². The molecule has 0 aliphatic carbocycles. The monoisotopic (exact) mass is 257 g/mol. The Morgan fingerprint density at radius 3 is 1.67 bits per heavy atom. The number of piperidine rings is 2. The van der Waals surface area contributed by atoms with Gasteiger partial charge >= 0.3 is 0 Å². The van der Waals surface area contributed by atoms with E-state index in [4.69, 9.17) is 0 Å². The number of nitrogens with zero attached hydrogens (tertiary/aromatic N) is 3. The Balaban J connectivity index is 2.03. The molecular weight excluding hydrogens is 234 g/mol. The van der Waals surface area contributed by atoms with Crippen LogP contribution in [0.1, 0.15) is 52.4 Å². The van der Waals surface area contributed by atoms with Gasteiger partial charge in [0.1, 0.15) is 0 Å². The lowest BCUT2D eigenvalue weighted by Crippen LogP contribution is -2.59. The minimum absolute atomic E-state index is 0.0838. The SMILES string of the molecule is CC1CCCC(N(O)C2CCCC(C)N2[O-])N1[O-]. The van der Waals surface area contributed by atoms with Crippen LogP contribution in [0, 0.1) is 10.4 Å². The van der Waals surface area contributed by atoms with Crippen LogP contribution in [0.5, 0.6) is 0 Å². The number of hydroxylamine groups is 6. The molecule has 2 aliphatic heterocycles. The Morgan fingerprint density at radius 2 is 1.28 bits per heavy atom. The van der Waals surface area contributed by atoms with E-state index in [1.807, 2.05) is 13.8 Å². The van der Waals surface area contributed by atoms with Crippen LogP contribution in [0.3, 0.4) is 0 Å². The molecule has 2 rings (SSSR count). The molecule has 0 aromatic rings. The second-order valence-corrected chi connectivity index (χ2v) is 5.62. The van der Waals surface area contributed by atoms with Gasteiger partial charge in [0.25, 0.3) is 0 Å². The first-order valence-electron chi connectivity index (χ1n) is 6.90. The van der Waals surface area contributed by atoms with E-state index in [-0.39, 0.29) is 12.1 Å². The zero-order chi connectivity index (χ0) is 13.3. The average molecular weight is 257 g/mol. The molecule has 0 spiro atoms. The van der Waals surface area contributed by atoms with E-state index in [9.17, 15) is 15.6 Å². The molecule has 0 radical (unpaired) electrons. The Morgan fingerprint density at radius 1 is 0.889 bits per heavy atom. The molecule has 106 valence electrons. The highest BCUT2D eigenvalue weighted by Crippen LogP contribution is 2.29. The Labute approximate surface area is 108 Å². The van der Waals surface area contributed by atoms with Crippen LogP contribution >= 0.6 is 0 Å². The van der Waals surface area contributed by atoms with E-state index in [2.05, 4.69) is 0 Å². The van der Waals surface area contributed by atoms with Gasteiger partial charge in [-0.15, -0.1) is 0 Å². The molecule has 6 heteroatoms. The van der Waals surface area contributed by atoms with E-state index in [0.29, 0.717) is 12.8 Å². The fourth-order valence-corrected chi connectivity index (χ4v) is 2.98. The third kappa shape index (κ3) is 2.68. The van der Waals surface area contributed by atoms with Gasteiger partial charge in [0.05, 0.1) is 12.3 Å². The van der Waals surface area contributed by atoms with Crippen molar-refractivity contribution in [3.63, 3.8) is 0 Å². The maximum atomic E-state index is 12.0. The molecule has 4 atom stereocenters. The lowest BCUT2D eigenvalue weighted by Gasteiger charge is -2.55. The van der Waals surface area contributed by atoms with Crippen LogP contribution in [0.2, 0.25) is 0 Å². The highest BCUT2D eigenvalue weighted by Gasteiger charge is 2.33. The highest BCUT2D eigenvalue weighted by molar-refractivity contribution is 4.86. The van der Waals surface area contributed by atoms with E-state index < -0.39 is 12.3 Å². The molecule has 0 amide bonds. The van der Waals surface area contributed by atoms with Gasteiger partial charge in [0, 0.05) is 0 Å². The van der Waals surface area contributed by atoms with Crippen molar-refractivity contribution in [1.82, 2.24) is 15.2 Å². The molecule has 0 aromatic carbocycles. The van der Waals surface area contributed by atoms with Crippen LogP contribution in [0.4, 0.5) is 0 Å². The summed E-state index contributed by atoms with van der Waals surface area (Å²) in [5.41, 5.74) is 0. The normalized spacial score (nSPS) is 40.3. The first-order valence-corrected chi connectivity index (χ1v) is 6.90. The molecule has 6 nitrogen and oxygen atoms in total. The summed E-state index contributed by atoms with van der Waals surface area (Å²) in [6.45, 7) is 3.73. The summed E-state index contributed by atoms with van der Waals surface area (Å²) in [7, 11) is 0. The van der Waals surface area contributed by atoms with Gasteiger partial charge in [-0.1, -0.05) is 13.8 Å². The van der Waals surface area contributed by atoms with Crippen molar-refractivity contribution < 1.29 is 5.21 Å². The molecule has 2 saturated heterocycles. The quantitative estimate of drug-likeness (QED) is 0.763. The molecule has 2 heterocycles. The van der Waals surface area contributed by atoms with Crippen molar-refractivity contribution >= 4 is 0 Å². The number of hydrogen-bond donors (Lipinski definition) is 1. The van der Waals surface area contributed by atoms with Crippen LogP contribution in [-0.2, 0) is 0 Å². The lowest BCUT2D eigenvalue weighted by molar-refractivity contribution is -0.241. The minimum atomic E-state index is -0.569. The topological polar surface area (TPSA) is 76.1 Å². The standard InChI is InChI=1S/C12H23N3O3/c1-9-5-3-7-11(13(9)16)15(18)12-8-4-6-10(2)14(12)17/h9-12,18H,3-8H2,1-2H3/q-2. The third-order valence-corrected chi connectivity index (χ3v) is 4.24. The molecule has 1 N–H and O–H groups in total. The highest BCUT2D eigenvalue weighted by atomic mass is 16.6. The van der Waals surface area contributed by atoms with Crippen molar-refractivity contribution in [1.29, 1.82) is 0 Å². The van der Waals surface area contributed by atoms with E-state index in [0.717, 1.165) is 40.9 Å². The molecule has 0 saturated carbocycles. The van der Waals surface area contributed by atoms with Gasteiger partial charge in [-0.25, -0.2) is 0 Å². The van der Waals surface area contributed by atoms with Crippen molar-refractivity contribution in [3.8, 4) is 0 Å². The van der Waals surface area contributed by atoms with Crippen molar-refractivity contribution in [2.24, 2.45) is 0 Å². The van der Waals surface area contributed by atoms with E-state index in [1.54, 1.807) is 0 Å². The van der Waals surface area contributed by atoms with Gasteiger partial charge in [-0.2, -0.15) is 5.06 Å². The summed E-state index contributed by atoms with van der Waals surface area (Å²) in [6.07, 6.45) is 3.67. The largest absolute Gasteiger partial charge is 0.784 e. The van der Waals surface area contributed by atoms with Crippen molar-refractivity contribution in [3.05, 3.63) is 10.4 Å². The predicted molar refractivity (Wildman–Crippen MR) is 68.2 cm³/mol. The zero-order valence-corrected chi connectivity index (χ0v) is 11.2.